The number of amides is 1. The quantitative estimate of drug-likeness (QED) is 0.820. The van der Waals surface area contributed by atoms with Crippen LogP contribution in [-0.4, -0.2) is 28.3 Å². The van der Waals surface area contributed by atoms with E-state index in [-0.39, 0.29) is 17.6 Å². The molecule has 0 saturated carbocycles. The van der Waals surface area contributed by atoms with E-state index in [1.54, 1.807) is 17.0 Å². The summed E-state index contributed by atoms with van der Waals surface area (Å²) < 4.78 is 0. The van der Waals surface area contributed by atoms with Crippen LogP contribution < -0.4 is 0 Å². The first-order valence-corrected chi connectivity index (χ1v) is 5.84. The molecular formula is C12H14ClNO2. The first-order chi connectivity index (χ1) is 7.70. The van der Waals surface area contributed by atoms with E-state index in [1.165, 1.54) is 0 Å². The first-order valence-electron chi connectivity index (χ1n) is 5.31. The predicted molar refractivity (Wildman–Crippen MR) is 62.4 cm³/mol. The summed E-state index contributed by atoms with van der Waals surface area (Å²) in [5.74, 6) is 1.13. The Hall–Kier alpha value is -1.22. The lowest BCUT2D eigenvalue weighted by Gasteiger charge is -2.16. The number of likely N-dealkylation sites (tertiary alicyclic amines) is 1. The van der Waals surface area contributed by atoms with Crippen molar-refractivity contribution in [3.05, 3.63) is 29.8 Å². The van der Waals surface area contributed by atoms with Gasteiger partial charge in [0.1, 0.15) is 5.75 Å². The number of benzene rings is 1. The van der Waals surface area contributed by atoms with Crippen LogP contribution in [0.2, 0.25) is 0 Å². The Morgan fingerprint density at radius 1 is 1.44 bits per heavy atom. The first kappa shape index (κ1) is 11.3. The monoisotopic (exact) mass is 239 g/mol. The molecule has 1 N–H and O–H groups in total. The number of phenolic OH excluding ortho intramolecular Hbond substituents is 1. The van der Waals surface area contributed by atoms with E-state index in [4.69, 9.17) is 11.6 Å². The fraction of sp³-hybridized carbons (Fsp3) is 0.417. The zero-order valence-electron chi connectivity index (χ0n) is 8.90. The molecule has 0 aromatic heterocycles. The van der Waals surface area contributed by atoms with Crippen molar-refractivity contribution >= 4 is 17.5 Å². The summed E-state index contributed by atoms with van der Waals surface area (Å²) in [5.41, 5.74) is 0.783. The predicted octanol–water partition coefficient (Wildman–Crippen LogP) is 1.98. The van der Waals surface area contributed by atoms with Gasteiger partial charge in [0.2, 0.25) is 5.91 Å². The minimum Gasteiger partial charge on any atom is -0.508 e. The molecule has 1 unspecified atom stereocenters. The lowest BCUT2D eigenvalue weighted by Crippen LogP contribution is -2.24. The van der Waals surface area contributed by atoms with Gasteiger partial charge in [0, 0.05) is 31.0 Å². The third kappa shape index (κ3) is 2.30. The zero-order chi connectivity index (χ0) is 11.5. The van der Waals surface area contributed by atoms with E-state index >= 15 is 0 Å². The highest BCUT2D eigenvalue weighted by atomic mass is 35.5. The molecule has 1 saturated heterocycles. The molecule has 1 aromatic carbocycles. The molecule has 0 spiro atoms. The molecule has 1 amide bonds. The minimum atomic E-state index is 0.119. The molecule has 4 heteroatoms. The van der Waals surface area contributed by atoms with Gasteiger partial charge in [-0.2, -0.15) is 0 Å². The molecule has 1 aromatic rings. The average molecular weight is 240 g/mol. The molecule has 0 bridgehead atoms. The Kier molecular flexibility index (Phi) is 3.34. The molecule has 1 heterocycles. The van der Waals surface area contributed by atoms with Crippen molar-refractivity contribution in [2.45, 2.75) is 13.0 Å². The van der Waals surface area contributed by atoms with Crippen LogP contribution in [0.5, 0.6) is 5.75 Å². The molecular weight excluding hydrogens is 226 g/mol. The van der Waals surface area contributed by atoms with Crippen LogP contribution >= 0.6 is 11.6 Å². The number of rotatable bonds is 3. The van der Waals surface area contributed by atoms with E-state index in [2.05, 4.69) is 0 Å². The SMILES string of the molecule is O=C1CC(CCl)CN1Cc1ccccc1O. The highest BCUT2D eigenvalue weighted by Gasteiger charge is 2.29. The molecule has 1 fully saturated rings. The standard InChI is InChI=1S/C12H14ClNO2/c13-6-9-5-12(16)14(7-9)8-10-3-1-2-4-11(10)15/h1-4,9,15H,5-8H2. The van der Waals surface area contributed by atoms with Gasteiger partial charge in [-0.05, 0) is 12.0 Å². The molecule has 0 radical (unpaired) electrons. The fourth-order valence-electron chi connectivity index (χ4n) is 1.96. The second kappa shape index (κ2) is 4.74. The molecule has 16 heavy (non-hydrogen) atoms. The summed E-state index contributed by atoms with van der Waals surface area (Å²) in [7, 11) is 0. The second-order valence-electron chi connectivity index (χ2n) is 4.13. The lowest BCUT2D eigenvalue weighted by molar-refractivity contribution is -0.128. The molecule has 0 aliphatic carbocycles. The van der Waals surface area contributed by atoms with Crippen LogP contribution in [0.4, 0.5) is 0 Å². The number of phenols is 1. The van der Waals surface area contributed by atoms with Gasteiger partial charge in [0.25, 0.3) is 0 Å². The number of carbonyl (C=O) groups is 1. The molecule has 3 nitrogen and oxygen atoms in total. The van der Waals surface area contributed by atoms with Crippen molar-refractivity contribution in [3.8, 4) is 5.75 Å². The van der Waals surface area contributed by atoms with Crippen molar-refractivity contribution in [1.82, 2.24) is 4.90 Å². The highest BCUT2D eigenvalue weighted by molar-refractivity contribution is 6.18. The van der Waals surface area contributed by atoms with Crippen molar-refractivity contribution in [2.75, 3.05) is 12.4 Å². The van der Waals surface area contributed by atoms with Crippen molar-refractivity contribution in [2.24, 2.45) is 5.92 Å². The third-order valence-corrected chi connectivity index (χ3v) is 3.30. The van der Waals surface area contributed by atoms with Gasteiger partial charge >= 0.3 is 0 Å². The third-order valence-electron chi connectivity index (χ3n) is 2.87. The molecule has 1 aliphatic heterocycles. The summed E-state index contributed by atoms with van der Waals surface area (Å²) in [6.45, 7) is 1.16. The van der Waals surface area contributed by atoms with E-state index in [0.717, 1.165) is 5.56 Å². The number of nitrogens with zero attached hydrogens (tertiary/aromatic N) is 1. The normalized spacial score (nSPS) is 20.4. The van der Waals surface area contributed by atoms with Crippen LogP contribution in [0.25, 0.3) is 0 Å². The minimum absolute atomic E-state index is 0.119. The number of aromatic hydroxyl groups is 1. The lowest BCUT2D eigenvalue weighted by atomic mass is 10.1. The highest BCUT2D eigenvalue weighted by Crippen LogP contribution is 2.24. The van der Waals surface area contributed by atoms with Crippen molar-refractivity contribution in [3.63, 3.8) is 0 Å². The number of hydrogen-bond donors (Lipinski definition) is 1. The summed E-state index contributed by atoms with van der Waals surface area (Å²) in [6.07, 6.45) is 0.525. The Morgan fingerprint density at radius 3 is 2.81 bits per heavy atom. The molecule has 2 rings (SSSR count). The van der Waals surface area contributed by atoms with Crippen LogP contribution in [0.15, 0.2) is 24.3 Å². The van der Waals surface area contributed by atoms with E-state index < -0.39 is 0 Å². The Bertz CT molecular complexity index is 394. The summed E-state index contributed by atoms with van der Waals surface area (Å²) in [5, 5.41) is 9.62. The average Bonchev–Trinajstić information content (AvgIpc) is 2.63. The molecule has 1 atom stereocenters. The van der Waals surface area contributed by atoms with Crippen LogP contribution in [0.3, 0.4) is 0 Å². The zero-order valence-corrected chi connectivity index (χ0v) is 9.65. The Labute approximate surface area is 99.6 Å². The smallest absolute Gasteiger partial charge is 0.223 e. The van der Waals surface area contributed by atoms with Gasteiger partial charge < -0.3 is 10.0 Å². The van der Waals surface area contributed by atoms with E-state index in [0.29, 0.717) is 25.4 Å². The number of para-hydroxylation sites is 1. The molecule has 86 valence electrons. The number of hydrogen-bond acceptors (Lipinski definition) is 2. The van der Waals surface area contributed by atoms with Crippen LogP contribution in [0, 0.1) is 5.92 Å². The summed E-state index contributed by atoms with van der Waals surface area (Å²) >= 11 is 5.74. The van der Waals surface area contributed by atoms with E-state index in [9.17, 15) is 9.90 Å². The summed E-state index contributed by atoms with van der Waals surface area (Å²) in [4.78, 5) is 13.4. The number of alkyl halides is 1. The van der Waals surface area contributed by atoms with Crippen LogP contribution in [0.1, 0.15) is 12.0 Å². The second-order valence-corrected chi connectivity index (χ2v) is 4.44. The van der Waals surface area contributed by atoms with Gasteiger partial charge in [0.15, 0.2) is 0 Å². The maximum Gasteiger partial charge on any atom is 0.223 e. The maximum absolute atomic E-state index is 11.6. The number of halogens is 1. The largest absolute Gasteiger partial charge is 0.508 e. The van der Waals surface area contributed by atoms with Gasteiger partial charge in [-0.3, -0.25) is 4.79 Å². The molecule has 1 aliphatic rings. The fourth-order valence-corrected chi connectivity index (χ4v) is 2.17. The topological polar surface area (TPSA) is 40.5 Å². The Balaban J connectivity index is 2.06. The Morgan fingerprint density at radius 2 is 2.19 bits per heavy atom. The van der Waals surface area contributed by atoms with Crippen molar-refractivity contribution in [1.29, 1.82) is 0 Å². The van der Waals surface area contributed by atoms with Gasteiger partial charge in [0.05, 0.1) is 0 Å². The van der Waals surface area contributed by atoms with Gasteiger partial charge in [-0.15, -0.1) is 11.6 Å². The van der Waals surface area contributed by atoms with Crippen LogP contribution in [-0.2, 0) is 11.3 Å². The van der Waals surface area contributed by atoms with Crippen molar-refractivity contribution < 1.29 is 9.90 Å². The maximum atomic E-state index is 11.6. The summed E-state index contributed by atoms with van der Waals surface area (Å²) in [6, 6.07) is 7.09. The van der Waals surface area contributed by atoms with Gasteiger partial charge in [-0.25, -0.2) is 0 Å². The van der Waals surface area contributed by atoms with E-state index in [1.807, 2.05) is 12.1 Å². The van der Waals surface area contributed by atoms with Gasteiger partial charge in [-0.1, -0.05) is 18.2 Å². The number of carbonyl (C=O) groups excluding carboxylic acids is 1.